The summed E-state index contributed by atoms with van der Waals surface area (Å²) in [6.07, 6.45) is 5.66. The zero-order chi connectivity index (χ0) is 22.0. The summed E-state index contributed by atoms with van der Waals surface area (Å²) in [5.74, 6) is -0.260. The minimum absolute atomic E-state index is 0.108. The van der Waals surface area contributed by atoms with Gasteiger partial charge in [-0.15, -0.1) is 0 Å². The van der Waals surface area contributed by atoms with Crippen LogP contribution in [0.4, 0.5) is 0 Å². The van der Waals surface area contributed by atoms with Crippen LogP contribution in [0.3, 0.4) is 0 Å². The summed E-state index contributed by atoms with van der Waals surface area (Å²) in [6.45, 7) is 4.65. The summed E-state index contributed by atoms with van der Waals surface area (Å²) in [5.41, 5.74) is 5.25. The summed E-state index contributed by atoms with van der Waals surface area (Å²) < 4.78 is 7.04. The molecule has 0 radical (unpaired) electrons. The fraction of sp³-hybridized carbons (Fsp3) is 0.304. The molecule has 0 unspecified atom stereocenters. The predicted molar refractivity (Wildman–Crippen MR) is 122 cm³/mol. The Balaban J connectivity index is 1.79. The van der Waals surface area contributed by atoms with Crippen molar-refractivity contribution in [3.8, 4) is 5.69 Å². The molecule has 1 saturated heterocycles. The Morgan fingerprint density at radius 2 is 2.06 bits per heavy atom. The van der Waals surface area contributed by atoms with Gasteiger partial charge < -0.3 is 19.5 Å². The smallest absolute Gasteiger partial charge is 0.307 e. The molecule has 4 heterocycles. The van der Waals surface area contributed by atoms with Crippen LogP contribution >= 0.6 is 12.2 Å². The third-order valence-corrected chi connectivity index (χ3v) is 6.03. The maximum Gasteiger partial charge on any atom is 0.307 e. The third kappa shape index (κ3) is 4.03. The van der Waals surface area contributed by atoms with Gasteiger partial charge in [0.1, 0.15) is 0 Å². The van der Waals surface area contributed by atoms with Gasteiger partial charge in [0.15, 0.2) is 5.11 Å². The molecule has 1 fully saturated rings. The number of aryl methyl sites for hydroxylation is 1. The number of rotatable bonds is 6. The number of carbonyl (C=O) groups excluding carboxylic acids is 1. The number of esters is 1. The molecule has 0 spiro atoms. The topological polar surface area (TPSA) is 72.3 Å². The van der Waals surface area contributed by atoms with Crippen LogP contribution in [-0.2, 0) is 9.53 Å². The second kappa shape index (κ2) is 8.85. The molecule has 3 aromatic rings. The first kappa shape index (κ1) is 21.0. The molecule has 0 aromatic carbocycles. The number of ether oxygens (including phenoxy) is 1. The lowest BCUT2D eigenvalue weighted by Crippen LogP contribution is -2.32. The van der Waals surface area contributed by atoms with Crippen LogP contribution in [0, 0.1) is 13.8 Å². The van der Waals surface area contributed by atoms with E-state index in [1.807, 2.05) is 36.5 Å². The van der Waals surface area contributed by atoms with E-state index < -0.39 is 0 Å². The van der Waals surface area contributed by atoms with Gasteiger partial charge in [-0.05, 0) is 62.0 Å². The molecule has 0 saturated carbocycles. The first-order valence-electron chi connectivity index (χ1n) is 10.2. The zero-order valence-electron chi connectivity index (χ0n) is 17.8. The van der Waals surface area contributed by atoms with Gasteiger partial charge >= 0.3 is 5.97 Å². The molecular weight excluding hydrogens is 410 g/mol. The minimum atomic E-state index is -0.260. The van der Waals surface area contributed by atoms with E-state index in [1.54, 1.807) is 12.4 Å². The van der Waals surface area contributed by atoms with Gasteiger partial charge in [0.25, 0.3) is 0 Å². The number of nitrogens with one attached hydrogen (secondary N) is 1. The number of carbonyl (C=O) groups is 1. The molecular formula is C23H25N5O2S. The standard InChI is InChI=1S/C23H25N5O2S/c1-15-13-18(16(2)28(15)17-7-6-10-24-14-17)22-21(19-8-4-5-11-25-19)26-23(31)27(22)12-9-20(29)30-3/h4-8,10-11,13-14,21-22H,9,12H2,1-3H3,(H,26,31)/t21-,22+/m0/s1. The van der Waals surface area contributed by atoms with Crippen molar-refractivity contribution in [1.82, 2.24) is 24.8 Å². The van der Waals surface area contributed by atoms with Gasteiger partial charge in [-0.1, -0.05) is 6.07 Å². The molecule has 31 heavy (non-hydrogen) atoms. The molecule has 7 nitrogen and oxygen atoms in total. The molecule has 1 aliphatic heterocycles. The van der Waals surface area contributed by atoms with Crippen LogP contribution in [0.2, 0.25) is 0 Å². The number of pyridine rings is 2. The Morgan fingerprint density at radius 1 is 1.23 bits per heavy atom. The van der Waals surface area contributed by atoms with Crippen LogP contribution in [0.25, 0.3) is 5.69 Å². The lowest BCUT2D eigenvalue weighted by Gasteiger charge is -2.28. The average Bonchev–Trinajstić information content (AvgIpc) is 3.28. The van der Waals surface area contributed by atoms with Crippen molar-refractivity contribution >= 4 is 23.3 Å². The van der Waals surface area contributed by atoms with Gasteiger partial charge in [-0.2, -0.15) is 0 Å². The molecule has 2 atom stereocenters. The Morgan fingerprint density at radius 3 is 2.74 bits per heavy atom. The highest BCUT2D eigenvalue weighted by Gasteiger charge is 2.41. The van der Waals surface area contributed by atoms with E-state index in [9.17, 15) is 4.79 Å². The van der Waals surface area contributed by atoms with Gasteiger partial charge in [-0.3, -0.25) is 14.8 Å². The number of methoxy groups -OCH3 is 1. The fourth-order valence-corrected chi connectivity index (χ4v) is 4.60. The molecule has 8 heteroatoms. The largest absolute Gasteiger partial charge is 0.469 e. The molecule has 1 aliphatic rings. The van der Waals surface area contributed by atoms with E-state index in [2.05, 4.69) is 44.7 Å². The summed E-state index contributed by atoms with van der Waals surface area (Å²) in [5, 5.41) is 4.03. The van der Waals surface area contributed by atoms with Crippen molar-refractivity contribution in [3.05, 3.63) is 77.6 Å². The molecule has 0 aliphatic carbocycles. The molecule has 0 amide bonds. The van der Waals surface area contributed by atoms with Crippen molar-refractivity contribution < 1.29 is 9.53 Å². The third-order valence-electron chi connectivity index (χ3n) is 5.68. The summed E-state index contributed by atoms with van der Waals surface area (Å²) in [7, 11) is 1.40. The van der Waals surface area contributed by atoms with Crippen molar-refractivity contribution in [2.75, 3.05) is 13.7 Å². The summed E-state index contributed by atoms with van der Waals surface area (Å²) in [4.78, 5) is 22.8. The van der Waals surface area contributed by atoms with Crippen LogP contribution in [-0.4, -0.2) is 44.2 Å². The van der Waals surface area contributed by atoms with Crippen LogP contribution in [0.5, 0.6) is 0 Å². The first-order chi connectivity index (χ1) is 15.0. The maximum atomic E-state index is 11.8. The first-order valence-corrected chi connectivity index (χ1v) is 10.6. The van der Waals surface area contributed by atoms with Gasteiger partial charge in [0, 0.05) is 30.3 Å². The predicted octanol–water partition coefficient (Wildman–Crippen LogP) is 3.42. The van der Waals surface area contributed by atoms with E-state index in [-0.39, 0.29) is 24.5 Å². The van der Waals surface area contributed by atoms with E-state index in [1.165, 1.54) is 7.11 Å². The molecule has 160 valence electrons. The van der Waals surface area contributed by atoms with Crippen molar-refractivity contribution in [1.29, 1.82) is 0 Å². The van der Waals surface area contributed by atoms with E-state index in [0.29, 0.717) is 11.7 Å². The average molecular weight is 436 g/mol. The summed E-state index contributed by atoms with van der Waals surface area (Å²) >= 11 is 5.68. The highest BCUT2D eigenvalue weighted by Crippen LogP contribution is 2.41. The van der Waals surface area contributed by atoms with Gasteiger partial charge in [-0.25, -0.2) is 0 Å². The number of aromatic nitrogens is 3. The molecule has 0 bridgehead atoms. The van der Waals surface area contributed by atoms with Gasteiger partial charge in [0.2, 0.25) is 0 Å². The SMILES string of the molecule is COC(=O)CCN1C(=S)N[C@@H](c2ccccn2)[C@H]1c1cc(C)n(-c2cccnc2)c1C. The molecule has 1 N–H and O–H groups in total. The van der Waals surface area contributed by atoms with Crippen molar-refractivity contribution in [2.24, 2.45) is 0 Å². The number of hydrogen-bond acceptors (Lipinski definition) is 5. The van der Waals surface area contributed by atoms with Crippen LogP contribution in [0.15, 0.2) is 55.0 Å². The molecule has 4 rings (SSSR count). The number of nitrogens with zero attached hydrogens (tertiary/aromatic N) is 4. The Bertz CT molecular complexity index is 1080. The normalized spacial score (nSPS) is 18.2. The quantitative estimate of drug-likeness (QED) is 0.470. The summed E-state index contributed by atoms with van der Waals surface area (Å²) in [6, 6.07) is 11.8. The van der Waals surface area contributed by atoms with Crippen molar-refractivity contribution in [3.63, 3.8) is 0 Å². The molecule has 3 aromatic heterocycles. The van der Waals surface area contributed by atoms with Gasteiger partial charge in [0.05, 0.1) is 43.2 Å². The Labute approximate surface area is 187 Å². The van der Waals surface area contributed by atoms with Crippen molar-refractivity contribution in [2.45, 2.75) is 32.4 Å². The van der Waals surface area contributed by atoms with E-state index >= 15 is 0 Å². The Hall–Kier alpha value is -3.26. The second-order valence-corrected chi connectivity index (χ2v) is 7.91. The van der Waals surface area contributed by atoms with Crippen LogP contribution < -0.4 is 5.32 Å². The fourth-order valence-electron chi connectivity index (χ4n) is 4.27. The van der Waals surface area contributed by atoms with E-state index in [4.69, 9.17) is 17.0 Å². The lowest BCUT2D eigenvalue weighted by molar-refractivity contribution is -0.140. The minimum Gasteiger partial charge on any atom is -0.469 e. The number of hydrogen-bond donors (Lipinski definition) is 1. The zero-order valence-corrected chi connectivity index (χ0v) is 18.6. The highest BCUT2D eigenvalue weighted by molar-refractivity contribution is 7.80. The monoisotopic (exact) mass is 435 g/mol. The van der Waals surface area contributed by atoms with E-state index in [0.717, 1.165) is 28.3 Å². The lowest BCUT2D eigenvalue weighted by atomic mass is 9.96. The second-order valence-electron chi connectivity index (χ2n) is 7.52. The maximum absolute atomic E-state index is 11.8. The van der Waals surface area contributed by atoms with Crippen LogP contribution in [0.1, 0.15) is 41.1 Å². The Kier molecular flexibility index (Phi) is 5.99. The number of thiocarbonyl (C=S) groups is 1. The highest BCUT2D eigenvalue weighted by atomic mass is 32.1.